The molecule has 1 aliphatic rings. The van der Waals surface area contributed by atoms with Crippen molar-refractivity contribution in [2.24, 2.45) is 0 Å². The fourth-order valence-electron chi connectivity index (χ4n) is 2.60. The molecule has 0 bridgehead atoms. The molecule has 1 saturated heterocycles. The van der Waals surface area contributed by atoms with Crippen molar-refractivity contribution >= 4 is 11.6 Å². The molecule has 4 nitrogen and oxygen atoms in total. The van der Waals surface area contributed by atoms with Crippen LogP contribution in [0.25, 0.3) is 0 Å². The van der Waals surface area contributed by atoms with Gasteiger partial charge in [-0.15, -0.1) is 0 Å². The lowest BCUT2D eigenvalue weighted by atomic mass is 10.0. The van der Waals surface area contributed by atoms with Crippen molar-refractivity contribution in [1.29, 1.82) is 0 Å². The molecule has 1 heterocycles. The minimum Gasteiger partial charge on any atom is -0.322 e. The highest BCUT2D eigenvalue weighted by Gasteiger charge is 2.20. The summed E-state index contributed by atoms with van der Waals surface area (Å²) in [6, 6.07) is 6.81. The number of benzene rings is 1. The molecule has 0 aliphatic carbocycles. The molecule has 0 atom stereocenters. The zero-order chi connectivity index (χ0) is 15.1. The predicted molar refractivity (Wildman–Crippen MR) is 82.8 cm³/mol. The number of nitrogens with one attached hydrogen (secondary N) is 2. The summed E-state index contributed by atoms with van der Waals surface area (Å²) in [6.07, 6.45) is 3.27. The quantitative estimate of drug-likeness (QED) is 0.845. The van der Waals surface area contributed by atoms with Gasteiger partial charge < -0.3 is 10.6 Å². The van der Waals surface area contributed by atoms with Crippen LogP contribution in [0.2, 0.25) is 0 Å². The first-order chi connectivity index (χ1) is 10.2. The van der Waals surface area contributed by atoms with E-state index in [0.29, 0.717) is 12.6 Å². The van der Waals surface area contributed by atoms with E-state index in [2.05, 4.69) is 22.5 Å². The van der Waals surface area contributed by atoms with Gasteiger partial charge in [0.05, 0.1) is 12.2 Å². The highest BCUT2D eigenvalue weighted by atomic mass is 19.1. The molecule has 116 valence electrons. The summed E-state index contributed by atoms with van der Waals surface area (Å²) in [7, 11) is 0. The first-order valence-corrected chi connectivity index (χ1v) is 7.69. The van der Waals surface area contributed by atoms with Gasteiger partial charge in [-0.3, -0.25) is 9.69 Å². The maximum atomic E-state index is 13.5. The summed E-state index contributed by atoms with van der Waals surface area (Å²) < 4.78 is 13.5. The van der Waals surface area contributed by atoms with E-state index in [4.69, 9.17) is 0 Å². The molecule has 1 aromatic rings. The van der Waals surface area contributed by atoms with Crippen LogP contribution >= 0.6 is 0 Å². The van der Waals surface area contributed by atoms with Crippen molar-refractivity contribution < 1.29 is 9.18 Å². The van der Waals surface area contributed by atoms with Gasteiger partial charge in [-0.05, 0) is 37.9 Å². The van der Waals surface area contributed by atoms with Crippen molar-refractivity contribution in [3.8, 4) is 0 Å². The fourth-order valence-corrected chi connectivity index (χ4v) is 2.60. The number of likely N-dealkylation sites (tertiary alicyclic amines) is 1. The Labute approximate surface area is 125 Å². The summed E-state index contributed by atoms with van der Waals surface area (Å²) >= 11 is 0. The van der Waals surface area contributed by atoms with Gasteiger partial charge in [-0.2, -0.15) is 0 Å². The molecule has 1 aromatic carbocycles. The normalized spacial score (nSPS) is 16.9. The van der Waals surface area contributed by atoms with Gasteiger partial charge in [0.1, 0.15) is 5.82 Å². The molecular formula is C16H24FN3O. The number of piperidine rings is 1. The summed E-state index contributed by atoms with van der Waals surface area (Å²) in [4.78, 5) is 14.1. The highest BCUT2D eigenvalue weighted by molar-refractivity contribution is 5.92. The third-order valence-electron chi connectivity index (χ3n) is 3.79. The second-order valence-corrected chi connectivity index (χ2v) is 5.53. The lowest BCUT2D eigenvalue weighted by Gasteiger charge is -2.31. The number of hydrogen-bond donors (Lipinski definition) is 2. The van der Waals surface area contributed by atoms with Crippen LogP contribution in [0.3, 0.4) is 0 Å². The standard InChI is InChI=1S/C16H24FN3O/c1-2-9-18-13-7-10-20(11-8-13)12-16(21)19-15-6-4-3-5-14(15)17/h3-6,13,18H,2,7-12H2,1H3,(H,19,21). The maximum Gasteiger partial charge on any atom is 0.238 e. The molecule has 0 spiro atoms. The smallest absolute Gasteiger partial charge is 0.238 e. The number of halogens is 1. The van der Waals surface area contributed by atoms with Crippen LogP contribution in [0.15, 0.2) is 24.3 Å². The summed E-state index contributed by atoms with van der Waals surface area (Å²) in [5, 5.41) is 6.15. The van der Waals surface area contributed by atoms with Crippen LogP contribution in [0, 0.1) is 5.82 Å². The molecule has 0 unspecified atom stereocenters. The SMILES string of the molecule is CCCNC1CCN(CC(=O)Nc2ccccc2F)CC1. The van der Waals surface area contributed by atoms with Gasteiger partial charge in [0, 0.05) is 19.1 Å². The number of nitrogens with zero attached hydrogens (tertiary/aromatic N) is 1. The van der Waals surface area contributed by atoms with Crippen LogP contribution < -0.4 is 10.6 Å². The van der Waals surface area contributed by atoms with Crippen LogP contribution in [-0.2, 0) is 4.79 Å². The van der Waals surface area contributed by atoms with E-state index < -0.39 is 5.82 Å². The lowest BCUT2D eigenvalue weighted by molar-refractivity contribution is -0.117. The third kappa shape index (κ3) is 5.10. The molecule has 21 heavy (non-hydrogen) atoms. The molecular weight excluding hydrogens is 269 g/mol. The van der Waals surface area contributed by atoms with Gasteiger partial charge in [0.15, 0.2) is 0 Å². The summed E-state index contributed by atoms with van der Waals surface area (Å²) in [5.41, 5.74) is 0.252. The number of carbonyl (C=O) groups excluding carboxylic acids is 1. The molecule has 0 saturated carbocycles. The second-order valence-electron chi connectivity index (χ2n) is 5.53. The first-order valence-electron chi connectivity index (χ1n) is 7.69. The van der Waals surface area contributed by atoms with Gasteiger partial charge >= 0.3 is 0 Å². The monoisotopic (exact) mass is 293 g/mol. The number of para-hydroxylation sites is 1. The Morgan fingerprint density at radius 3 is 2.71 bits per heavy atom. The van der Waals surface area contributed by atoms with Crippen molar-refractivity contribution in [3.05, 3.63) is 30.1 Å². The Morgan fingerprint density at radius 1 is 1.33 bits per heavy atom. The molecule has 1 fully saturated rings. The number of rotatable bonds is 6. The highest BCUT2D eigenvalue weighted by Crippen LogP contribution is 2.13. The third-order valence-corrected chi connectivity index (χ3v) is 3.79. The first kappa shape index (κ1) is 15.9. The summed E-state index contributed by atoms with van der Waals surface area (Å²) in [6.45, 7) is 5.36. The van der Waals surface area contributed by atoms with E-state index in [-0.39, 0.29) is 11.6 Å². The minimum absolute atomic E-state index is 0.153. The molecule has 0 radical (unpaired) electrons. The van der Waals surface area contributed by atoms with Crippen LogP contribution in [0.5, 0.6) is 0 Å². The minimum atomic E-state index is -0.395. The predicted octanol–water partition coefficient (Wildman–Crippen LogP) is 2.23. The van der Waals surface area contributed by atoms with E-state index >= 15 is 0 Å². The summed E-state index contributed by atoms with van der Waals surface area (Å²) in [5.74, 6) is -0.548. The largest absolute Gasteiger partial charge is 0.322 e. The van der Waals surface area contributed by atoms with E-state index in [1.165, 1.54) is 6.07 Å². The molecule has 1 aliphatic heterocycles. The molecule has 2 rings (SSSR count). The van der Waals surface area contributed by atoms with E-state index in [0.717, 1.165) is 38.9 Å². The lowest BCUT2D eigenvalue weighted by Crippen LogP contribution is -2.45. The van der Waals surface area contributed by atoms with Crippen molar-refractivity contribution in [3.63, 3.8) is 0 Å². The molecule has 2 N–H and O–H groups in total. The number of carbonyl (C=O) groups is 1. The van der Waals surface area contributed by atoms with Crippen molar-refractivity contribution in [2.75, 3.05) is 31.5 Å². The Hall–Kier alpha value is -1.46. The average molecular weight is 293 g/mol. The van der Waals surface area contributed by atoms with Gasteiger partial charge in [-0.25, -0.2) is 4.39 Å². The van der Waals surface area contributed by atoms with Crippen molar-refractivity contribution in [2.45, 2.75) is 32.2 Å². The molecule has 0 aromatic heterocycles. The van der Waals surface area contributed by atoms with Gasteiger partial charge in [-0.1, -0.05) is 19.1 Å². The van der Waals surface area contributed by atoms with Gasteiger partial charge in [0.2, 0.25) is 5.91 Å². The number of hydrogen-bond acceptors (Lipinski definition) is 3. The molecule has 5 heteroatoms. The zero-order valence-electron chi connectivity index (χ0n) is 12.6. The number of anilines is 1. The van der Waals surface area contributed by atoms with Gasteiger partial charge in [0.25, 0.3) is 0 Å². The Bertz CT molecular complexity index is 459. The Balaban J connectivity index is 1.73. The fraction of sp³-hybridized carbons (Fsp3) is 0.562. The number of amides is 1. The van der Waals surface area contributed by atoms with Crippen LogP contribution in [-0.4, -0.2) is 43.0 Å². The maximum absolute atomic E-state index is 13.5. The van der Waals surface area contributed by atoms with E-state index in [9.17, 15) is 9.18 Å². The second kappa shape index (κ2) is 8.10. The van der Waals surface area contributed by atoms with Crippen LogP contribution in [0.4, 0.5) is 10.1 Å². The van der Waals surface area contributed by atoms with Crippen LogP contribution in [0.1, 0.15) is 26.2 Å². The average Bonchev–Trinajstić information content (AvgIpc) is 2.49. The zero-order valence-corrected chi connectivity index (χ0v) is 12.6. The Kier molecular flexibility index (Phi) is 6.14. The topological polar surface area (TPSA) is 44.4 Å². The Morgan fingerprint density at radius 2 is 2.05 bits per heavy atom. The van der Waals surface area contributed by atoms with E-state index in [1.807, 2.05) is 0 Å². The van der Waals surface area contributed by atoms with E-state index in [1.54, 1.807) is 18.2 Å². The van der Waals surface area contributed by atoms with Crippen molar-refractivity contribution in [1.82, 2.24) is 10.2 Å². The molecule has 1 amide bonds.